The normalized spacial score (nSPS) is 0. The third-order valence-corrected chi connectivity index (χ3v) is 0. The first-order chi connectivity index (χ1) is 0. The summed E-state index contributed by atoms with van der Waals surface area (Å²) in [7, 11) is 0. The third kappa shape index (κ3) is 24.3. The summed E-state index contributed by atoms with van der Waals surface area (Å²) in [6, 6.07) is 0. The summed E-state index contributed by atoms with van der Waals surface area (Å²) in [4.78, 5) is 0. The van der Waals surface area contributed by atoms with Gasteiger partial charge in [0.2, 0.25) is 0 Å². The van der Waals surface area contributed by atoms with E-state index in [-0.39, 0.29) is 129 Å². The summed E-state index contributed by atoms with van der Waals surface area (Å²) in [6.07, 6.45) is 0. The van der Waals surface area contributed by atoms with E-state index in [0.717, 1.165) is 0 Å². The van der Waals surface area contributed by atoms with E-state index in [1.54, 1.807) is 0 Å². The maximum atomic E-state index is 0. The molecule has 0 aromatic heterocycles. The molecular formula is H4BiCoFeMoNaNi. The Kier molecular flexibility index (Phi) is 295. The van der Waals surface area contributed by atoms with E-state index in [9.17, 15) is 0 Å². The molecule has 0 amide bonds. The molecule has 0 unspecified atom stereocenters. The second-order valence-corrected chi connectivity index (χ2v) is 0. The summed E-state index contributed by atoms with van der Waals surface area (Å²) < 4.78 is 0. The molecular weight excluding hydrogens is 501 g/mol. The SMILES string of the molecule is [BiH3].[Co].[Fe].[H-].[Mo].[Na+].[Ni]. The van der Waals surface area contributed by atoms with Crippen LogP contribution in [0.3, 0.4) is 0 Å². The topological polar surface area (TPSA) is 0 Å². The standard InChI is InChI=1S/Bi.Co.Fe.Mo.Na.Ni.4H/q;;;;+1;;;;;-1. The first-order valence-corrected chi connectivity index (χ1v) is 0. The molecule has 0 heterocycles. The van der Waals surface area contributed by atoms with Gasteiger partial charge in [-0.1, -0.05) is 0 Å². The Hall–Kier alpha value is 4.09. The molecule has 0 atom stereocenters. The van der Waals surface area contributed by atoms with Crippen LogP contribution in [0.4, 0.5) is 0 Å². The summed E-state index contributed by atoms with van der Waals surface area (Å²) in [5.74, 6) is 0. The van der Waals surface area contributed by atoms with Crippen molar-refractivity contribution in [3.05, 3.63) is 0 Å². The Bertz CT molecular complexity index is 19.7. The molecule has 0 fully saturated rings. The molecule has 0 N–H and O–H groups in total. The van der Waals surface area contributed by atoms with Crippen LogP contribution < -0.4 is 29.6 Å². The van der Waals surface area contributed by atoms with Gasteiger partial charge in [-0.05, 0) is 0 Å². The van der Waals surface area contributed by atoms with Gasteiger partial charge in [0.25, 0.3) is 0 Å². The van der Waals surface area contributed by atoms with Gasteiger partial charge < -0.3 is 1.43 Å². The molecule has 6 heavy (non-hydrogen) atoms. The monoisotopic (exact) mass is 507 g/mol. The van der Waals surface area contributed by atoms with Crippen LogP contribution in [-0.2, 0) is 71.4 Å². The molecule has 6 heteroatoms. The fourth-order valence-corrected chi connectivity index (χ4v) is 0. The van der Waals surface area contributed by atoms with Crippen LogP contribution in [0, 0.1) is 0 Å². The van der Waals surface area contributed by atoms with Crippen LogP contribution in [0.25, 0.3) is 0 Å². The summed E-state index contributed by atoms with van der Waals surface area (Å²) in [5.41, 5.74) is 0. The molecule has 0 saturated heterocycles. The van der Waals surface area contributed by atoms with Gasteiger partial charge in [0.15, 0.2) is 0 Å². The minimum absolute atomic E-state index is 0. The molecule has 0 saturated carbocycles. The maximum absolute atomic E-state index is 0. The second kappa shape index (κ2) is 35.6. The van der Waals surface area contributed by atoms with Crippen LogP contribution in [0.5, 0.6) is 0 Å². The number of rotatable bonds is 0. The van der Waals surface area contributed by atoms with Crippen molar-refractivity contribution in [2.75, 3.05) is 0 Å². The van der Waals surface area contributed by atoms with Crippen LogP contribution in [0.15, 0.2) is 0 Å². The Balaban J connectivity index is 0. The van der Waals surface area contributed by atoms with Crippen molar-refractivity contribution in [1.29, 1.82) is 0 Å². The smallest absolute Gasteiger partial charge is 1.00 e. The Labute approximate surface area is 126 Å². The summed E-state index contributed by atoms with van der Waals surface area (Å²) in [5, 5.41) is 0. The third-order valence-electron chi connectivity index (χ3n) is 0. The summed E-state index contributed by atoms with van der Waals surface area (Å²) in [6.45, 7) is 0. The Morgan fingerprint density at radius 3 is 1.17 bits per heavy atom. The van der Waals surface area contributed by atoms with Crippen molar-refractivity contribution in [2.24, 2.45) is 0 Å². The van der Waals surface area contributed by atoms with E-state index >= 15 is 0 Å². The molecule has 0 aliphatic heterocycles. The first kappa shape index (κ1) is 49.8. The molecule has 0 aliphatic rings. The summed E-state index contributed by atoms with van der Waals surface area (Å²) >= 11 is 0. The van der Waals surface area contributed by atoms with Gasteiger partial charge >= 0.3 is 55.8 Å². The van der Waals surface area contributed by atoms with Crippen molar-refractivity contribution < 1.29 is 102 Å². The molecule has 0 aromatic rings. The molecule has 0 aliphatic carbocycles. The molecule has 0 bridgehead atoms. The molecule has 0 aromatic carbocycles. The minimum atomic E-state index is 0. The molecule has 43 valence electrons. The van der Waals surface area contributed by atoms with E-state index in [1.807, 2.05) is 0 Å². The van der Waals surface area contributed by atoms with Gasteiger partial charge in [-0.25, -0.2) is 0 Å². The fraction of sp³-hybridized carbons (Fsp3) is 0. The zero-order valence-electron chi connectivity index (χ0n) is 4.12. The first-order valence-electron chi connectivity index (χ1n) is 0. The van der Waals surface area contributed by atoms with Gasteiger partial charge in [0.05, 0.1) is 0 Å². The number of hydrogen-bond donors (Lipinski definition) is 0. The van der Waals surface area contributed by atoms with Gasteiger partial charge in [0, 0.05) is 71.4 Å². The van der Waals surface area contributed by atoms with Gasteiger partial charge in [0.1, 0.15) is 0 Å². The van der Waals surface area contributed by atoms with Gasteiger partial charge in [-0.2, -0.15) is 0 Å². The van der Waals surface area contributed by atoms with E-state index in [1.165, 1.54) is 0 Å². The molecule has 1 radical (unpaired) electrons. The number of hydrogen-bond acceptors (Lipinski definition) is 0. The van der Waals surface area contributed by atoms with E-state index < -0.39 is 0 Å². The van der Waals surface area contributed by atoms with Crippen LogP contribution >= 0.6 is 0 Å². The van der Waals surface area contributed by atoms with Gasteiger partial charge in [-0.3, -0.25) is 0 Å². The predicted octanol–water partition coefficient (Wildman–Crippen LogP) is -4.08. The van der Waals surface area contributed by atoms with Crippen molar-refractivity contribution in [1.82, 2.24) is 0 Å². The van der Waals surface area contributed by atoms with Crippen LogP contribution in [-0.4, -0.2) is 26.2 Å². The van der Waals surface area contributed by atoms with Crippen LogP contribution in [0.2, 0.25) is 0 Å². The van der Waals surface area contributed by atoms with E-state index in [4.69, 9.17) is 0 Å². The zero-order chi connectivity index (χ0) is 0. The fourth-order valence-electron chi connectivity index (χ4n) is 0. The zero-order valence-corrected chi connectivity index (χ0v) is 15.8. The predicted molar refractivity (Wildman–Crippen MR) is 11.1 cm³/mol. The average Bonchev–Trinajstić information content (AvgIpc) is 0. The quantitative estimate of drug-likeness (QED) is 0.294. The Morgan fingerprint density at radius 1 is 1.17 bits per heavy atom. The minimum Gasteiger partial charge on any atom is -1.00 e. The molecule has 0 nitrogen and oxygen atoms in total. The van der Waals surface area contributed by atoms with Crippen molar-refractivity contribution in [3.63, 3.8) is 0 Å². The van der Waals surface area contributed by atoms with Gasteiger partial charge in [-0.15, -0.1) is 0 Å². The van der Waals surface area contributed by atoms with Crippen molar-refractivity contribution in [2.45, 2.75) is 0 Å². The average molecular weight is 505 g/mol. The maximum Gasteiger partial charge on any atom is 1.00 e. The second-order valence-electron chi connectivity index (χ2n) is 0. The van der Waals surface area contributed by atoms with Crippen molar-refractivity contribution in [3.8, 4) is 0 Å². The van der Waals surface area contributed by atoms with Crippen LogP contribution in [0.1, 0.15) is 1.43 Å². The Morgan fingerprint density at radius 2 is 1.17 bits per heavy atom. The molecule has 0 rings (SSSR count). The van der Waals surface area contributed by atoms with E-state index in [2.05, 4.69) is 0 Å². The van der Waals surface area contributed by atoms with E-state index in [0.29, 0.717) is 0 Å². The van der Waals surface area contributed by atoms with Crippen molar-refractivity contribution >= 4 is 26.2 Å². The molecule has 0 spiro atoms. The largest absolute Gasteiger partial charge is 1.00 e.